The van der Waals surface area contributed by atoms with Gasteiger partial charge in [0.05, 0.1) is 18.4 Å². The Morgan fingerprint density at radius 1 is 1.32 bits per heavy atom. The van der Waals surface area contributed by atoms with Gasteiger partial charge in [-0.15, -0.1) is 11.3 Å². The van der Waals surface area contributed by atoms with Gasteiger partial charge in [-0.05, 0) is 36.9 Å². The summed E-state index contributed by atoms with van der Waals surface area (Å²) in [5, 5.41) is 5.32. The first-order valence-corrected chi connectivity index (χ1v) is 9.66. The zero-order chi connectivity index (χ0) is 19.8. The highest BCUT2D eigenvalue weighted by Gasteiger charge is 2.24. The van der Waals surface area contributed by atoms with Crippen molar-refractivity contribution in [3.63, 3.8) is 0 Å². The molecular formula is C20H20N4O3S. The van der Waals surface area contributed by atoms with E-state index in [0.29, 0.717) is 23.6 Å². The lowest BCUT2D eigenvalue weighted by Crippen LogP contribution is -2.02. The van der Waals surface area contributed by atoms with E-state index < -0.39 is 0 Å². The number of fused-ring (bicyclic) bond motifs is 2. The number of carbonyl (C=O) groups excluding carboxylic acids is 1. The molecular weight excluding hydrogens is 376 g/mol. The lowest BCUT2D eigenvalue weighted by atomic mass is 10.1. The predicted molar refractivity (Wildman–Crippen MR) is 110 cm³/mol. The Morgan fingerprint density at radius 2 is 2.14 bits per heavy atom. The molecule has 1 aromatic carbocycles. The number of benzene rings is 1. The number of carbonyl (C=O) groups is 1. The predicted octanol–water partition coefficient (Wildman–Crippen LogP) is 3.86. The maximum Gasteiger partial charge on any atom is 0.168 e. The molecule has 4 aromatic rings. The summed E-state index contributed by atoms with van der Waals surface area (Å²) in [5.74, 6) is 1.14. The van der Waals surface area contributed by atoms with E-state index in [9.17, 15) is 4.79 Å². The Kier molecular flexibility index (Phi) is 4.74. The number of thiophene rings is 1. The molecule has 4 rings (SSSR count). The number of aromatic nitrogens is 3. The number of aryl methyl sites for hydroxylation is 1. The molecule has 8 heteroatoms. The van der Waals surface area contributed by atoms with E-state index in [1.807, 2.05) is 19.9 Å². The molecule has 0 bridgehead atoms. The van der Waals surface area contributed by atoms with E-state index in [1.54, 1.807) is 23.0 Å². The second-order valence-electron chi connectivity index (χ2n) is 6.40. The summed E-state index contributed by atoms with van der Waals surface area (Å²) in [6, 6.07) is 6.20. The summed E-state index contributed by atoms with van der Waals surface area (Å²) in [7, 11) is 1.66. The molecule has 0 amide bonds. The minimum absolute atomic E-state index is 0.285. The van der Waals surface area contributed by atoms with Crippen LogP contribution in [0.2, 0.25) is 0 Å². The van der Waals surface area contributed by atoms with Gasteiger partial charge in [0.15, 0.2) is 12.1 Å². The molecule has 0 aliphatic rings. The smallest absolute Gasteiger partial charge is 0.168 e. The molecule has 0 saturated carbocycles. The molecule has 0 unspecified atom stereocenters. The van der Waals surface area contributed by atoms with E-state index in [0.717, 1.165) is 43.7 Å². The number of ether oxygens (including phenoxy) is 2. The molecule has 0 atom stereocenters. The molecule has 7 nitrogen and oxygen atoms in total. The van der Waals surface area contributed by atoms with Crippen LogP contribution >= 0.6 is 11.3 Å². The van der Waals surface area contributed by atoms with E-state index in [4.69, 9.17) is 15.2 Å². The van der Waals surface area contributed by atoms with Crippen LogP contribution in [0.1, 0.15) is 28.5 Å². The van der Waals surface area contributed by atoms with Crippen molar-refractivity contribution in [3.05, 3.63) is 41.3 Å². The Morgan fingerprint density at radius 3 is 2.86 bits per heavy atom. The molecule has 0 aliphatic heterocycles. The maximum atomic E-state index is 11.9. The molecule has 2 N–H and O–H groups in total. The summed E-state index contributed by atoms with van der Waals surface area (Å²) in [4.78, 5) is 17.0. The minimum Gasteiger partial charge on any atom is -0.495 e. The first-order valence-electron chi connectivity index (χ1n) is 8.84. The van der Waals surface area contributed by atoms with E-state index in [-0.39, 0.29) is 6.61 Å². The second kappa shape index (κ2) is 7.21. The topological polar surface area (TPSA) is 91.7 Å². The molecule has 0 aliphatic carbocycles. The highest BCUT2D eigenvalue weighted by molar-refractivity contribution is 7.22. The maximum absolute atomic E-state index is 11.9. The van der Waals surface area contributed by atoms with E-state index in [2.05, 4.69) is 22.2 Å². The van der Waals surface area contributed by atoms with Crippen molar-refractivity contribution in [2.75, 3.05) is 19.5 Å². The van der Waals surface area contributed by atoms with Gasteiger partial charge in [-0.25, -0.2) is 9.50 Å². The summed E-state index contributed by atoms with van der Waals surface area (Å²) >= 11 is 1.58. The van der Waals surface area contributed by atoms with Gasteiger partial charge in [-0.1, -0.05) is 6.07 Å². The lowest BCUT2D eigenvalue weighted by molar-refractivity contribution is 0.110. The van der Waals surface area contributed by atoms with Gasteiger partial charge in [0.2, 0.25) is 0 Å². The molecule has 28 heavy (non-hydrogen) atoms. The SMILES string of the molecule is CCOCc1c(-c2cc3cc(C)cc(OC)c3s2)c2c(N)ncnn2c1C=O. The van der Waals surface area contributed by atoms with Crippen LogP contribution in [-0.2, 0) is 11.3 Å². The summed E-state index contributed by atoms with van der Waals surface area (Å²) in [6.45, 7) is 4.76. The van der Waals surface area contributed by atoms with E-state index in [1.165, 1.54) is 6.33 Å². The molecule has 0 radical (unpaired) electrons. The number of anilines is 1. The van der Waals surface area contributed by atoms with Crippen LogP contribution in [0.3, 0.4) is 0 Å². The van der Waals surface area contributed by atoms with Gasteiger partial charge in [-0.3, -0.25) is 4.79 Å². The van der Waals surface area contributed by atoms with Gasteiger partial charge in [-0.2, -0.15) is 5.10 Å². The monoisotopic (exact) mass is 396 g/mol. The van der Waals surface area contributed by atoms with Gasteiger partial charge in [0.25, 0.3) is 0 Å². The summed E-state index contributed by atoms with van der Waals surface area (Å²) in [6.07, 6.45) is 2.14. The van der Waals surface area contributed by atoms with Crippen molar-refractivity contribution in [1.82, 2.24) is 14.6 Å². The standard InChI is InChI=1S/C20H20N4O3S/c1-4-27-9-13-14(8-25)24-18(20(21)22-10-23-24)17(13)16-7-12-5-11(2)6-15(26-3)19(12)28-16/h5-8,10H,4,9H2,1-3H3,(H2,21,22,23). The van der Waals surface area contributed by atoms with Crippen molar-refractivity contribution in [1.29, 1.82) is 0 Å². The van der Waals surface area contributed by atoms with Crippen molar-refractivity contribution in [2.24, 2.45) is 0 Å². The van der Waals surface area contributed by atoms with Crippen LogP contribution in [0.4, 0.5) is 5.82 Å². The van der Waals surface area contributed by atoms with Crippen molar-refractivity contribution < 1.29 is 14.3 Å². The average Bonchev–Trinajstić information content (AvgIpc) is 3.24. The van der Waals surface area contributed by atoms with Crippen LogP contribution < -0.4 is 10.5 Å². The molecule has 0 spiro atoms. The third kappa shape index (κ3) is 2.81. The normalized spacial score (nSPS) is 11.4. The van der Waals surface area contributed by atoms with Crippen LogP contribution in [0.15, 0.2) is 24.5 Å². The Bertz CT molecular complexity index is 1200. The molecule has 3 heterocycles. The molecule has 0 fully saturated rings. The van der Waals surface area contributed by atoms with Crippen LogP contribution in [-0.4, -0.2) is 34.6 Å². The van der Waals surface area contributed by atoms with Gasteiger partial charge in [0, 0.05) is 22.6 Å². The van der Waals surface area contributed by atoms with Gasteiger partial charge < -0.3 is 15.2 Å². The van der Waals surface area contributed by atoms with Crippen molar-refractivity contribution in [2.45, 2.75) is 20.5 Å². The molecule has 0 saturated heterocycles. The summed E-state index contributed by atoms with van der Waals surface area (Å²) < 4.78 is 13.8. The summed E-state index contributed by atoms with van der Waals surface area (Å²) in [5.41, 5.74) is 9.92. The number of nitrogens with zero attached hydrogens (tertiary/aromatic N) is 3. The molecule has 3 aromatic heterocycles. The zero-order valence-corrected chi connectivity index (χ0v) is 16.7. The fourth-order valence-corrected chi connectivity index (χ4v) is 4.66. The fraction of sp³-hybridized carbons (Fsp3) is 0.250. The first-order chi connectivity index (χ1) is 13.6. The largest absolute Gasteiger partial charge is 0.495 e. The van der Waals surface area contributed by atoms with E-state index >= 15 is 0 Å². The first kappa shape index (κ1) is 18.4. The Hall–Kier alpha value is -2.97. The van der Waals surface area contributed by atoms with Crippen LogP contribution in [0.5, 0.6) is 5.75 Å². The van der Waals surface area contributed by atoms with Crippen molar-refractivity contribution in [3.8, 4) is 16.2 Å². The molecule has 144 valence electrons. The lowest BCUT2D eigenvalue weighted by Gasteiger charge is -2.04. The minimum atomic E-state index is 0.285. The highest BCUT2D eigenvalue weighted by Crippen LogP contribution is 2.44. The number of nitrogens with two attached hydrogens (primary N) is 1. The number of nitrogen functional groups attached to an aromatic ring is 1. The number of rotatable bonds is 6. The second-order valence-corrected chi connectivity index (χ2v) is 7.45. The third-order valence-corrected chi connectivity index (χ3v) is 5.83. The quantitative estimate of drug-likeness (QED) is 0.498. The van der Waals surface area contributed by atoms with Gasteiger partial charge in [0.1, 0.15) is 23.3 Å². The third-order valence-electron chi connectivity index (χ3n) is 4.65. The fourth-order valence-electron chi connectivity index (χ4n) is 3.46. The Labute approximate surface area is 165 Å². The number of hydrogen-bond acceptors (Lipinski definition) is 7. The van der Waals surface area contributed by atoms with Crippen LogP contribution in [0.25, 0.3) is 26.0 Å². The average molecular weight is 396 g/mol. The number of hydrogen-bond donors (Lipinski definition) is 1. The number of aldehydes is 1. The number of methoxy groups -OCH3 is 1. The van der Waals surface area contributed by atoms with Gasteiger partial charge >= 0.3 is 0 Å². The highest BCUT2D eigenvalue weighted by atomic mass is 32.1. The Balaban J connectivity index is 2.07. The zero-order valence-electron chi connectivity index (χ0n) is 15.9. The van der Waals surface area contributed by atoms with Crippen LogP contribution in [0, 0.1) is 6.92 Å². The van der Waals surface area contributed by atoms with Crippen molar-refractivity contribution >= 4 is 39.0 Å².